The molecule has 0 aliphatic heterocycles. The molecular formula is C24H22N2O3. The van der Waals surface area contributed by atoms with Crippen LogP contribution >= 0.6 is 0 Å². The van der Waals surface area contributed by atoms with E-state index >= 15 is 0 Å². The predicted molar refractivity (Wildman–Crippen MR) is 111 cm³/mol. The van der Waals surface area contributed by atoms with Crippen LogP contribution in [0, 0.1) is 0 Å². The fraction of sp³-hybridized carbons (Fsp3) is 0.167. The van der Waals surface area contributed by atoms with Gasteiger partial charge in [-0.1, -0.05) is 72.8 Å². The van der Waals surface area contributed by atoms with Crippen molar-refractivity contribution in [3.8, 4) is 0 Å². The smallest absolute Gasteiger partial charge is 0.347 e. The normalized spacial score (nSPS) is 11.5. The molecule has 0 unspecified atom stereocenters. The molecule has 0 fully saturated rings. The molecule has 1 N–H and O–H groups in total. The number of benzene rings is 3. The SMILES string of the molecule is O=C(OCCCn1cnc2ccccc21)C(O)(c1ccccc1)c1ccccc1. The van der Waals surface area contributed by atoms with Gasteiger partial charge in [-0.2, -0.15) is 0 Å². The van der Waals surface area contributed by atoms with Gasteiger partial charge in [-0.25, -0.2) is 9.78 Å². The molecule has 0 spiro atoms. The highest BCUT2D eigenvalue weighted by Gasteiger charge is 2.41. The number of carbonyl (C=O) groups excluding carboxylic acids is 1. The Morgan fingerprint density at radius 1 is 0.897 bits per heavy atom. The maximum atomic E-state index is 12.9. The monoisotopic (exact) mass is 386 g/mol. The first kappa shape index (κ1) is 18.9. The van der Waals surface area contributed by atoms with Crippen LogP contribution in [0.15, 0.2) is 91.3 Å². The van der Waals surface area contributed by atoms with Crippen LogP contribution in [0.3, 0.4) is 0 Å². The second-order valence-electron chi connectivity index (χ2n) is 6.86. The number of carbonyl (C=O) groups is 1. The first-order valence-corrected chi connectivity index (χ1v) is 9.60. The molecule has 0 amide bonds. The minimum Gasteiger partial charge on any atom is -0.463 e. The standard InChI is InChI=1S/C24H22N2O3/c27-23(29-17-9-16-26-18-25-21-14-7-8-15-22(21)26)24(28,19-10-3-1-4-11-19)20-12-5-2-6-13-20/h1-8,10-15,18,28H,9,16-17H2. The number of aliphatic hydroxyl groups is 1. The van der Waals surface area contributed by atoms with Gasteiger partial charge in [-0.15, -0.1) is 0 Å². The third-order valence-electron chi connectivity index (χ3n) is 4.98. The molecule has 0 aliphatic rings. The lowest BCUT2D eigenvalue weighted by atomic mass is 9.86. The predicted octanol–water partition coefficient (Wildman–Crippen LogP) is 3.91. The Morgan fingerprint density at radius 2 is 1.48 bits per heavy atom. The zero-order chi connectivity index (χ0) is 20.1. The van der Waals surface area contributed by atoms with E-state index in [4.69, 9.17) is 4.74 Å². The van der Waals surface area contributed by atoms with Crippen molar-refractivity contribution in [2.45, 2.75) is 18.6 Å². The molecule has 4 rings (SSSR count). The van der Waals surface area contributed by atoms with Gasteiger partial charge in [0.2, 0.25) is 5.60 Å². The third-order valence-corrected chi connectivity index (χ3v) is 4.98. The van der Waals surface area contributed by atoms with E-state index in [9.17, 15) is 9.90 Å². The third kappa shape index (κ3) is 3.77. The van der Waals surface area contributed by atoms with Gasteiger partial charge in [0.1, 0.15) is 0 Å². The summed E-state index contributed by atoms with van der Waals surface area (Å²) in [6.45, 7) is 0.871. The maximum absolute atomic E-state index is 12.9. The molecule has 146 valence electrons. The molecule has 0 saturated carbocycles. The number of hydrogen-bond donors (Lipinski definition) is 1. The number of aryl methyl sites for hydroxylation is 1. The summed E-state index contributed by atoms with van der Waals surface area (Å²) in [5, 5.41) is 11.4. The van der Waals surface area contributed by atoms with Crippen molar-refractivity contribution in [1.82, 2.24) is 9.55 Å². The first-order valence-electron chi connectivity index (χ1n) is 9.60. The van der Waals surface area contributed by atoms with Gasteiger partial charge in [0.05, 0.1) is 24.0 Å². The van der Waals surface area contributed by atoms with E-state index in [0.717, 1.165) is 11.0 Å². The van der Waals surface area contributed by atoms with Crippen LogP contribution < -0.4 is 0 Å². The molecule has 29 heavy (non-hydrogen) atoms. The van der Waals surface area contributed by atoms with Crippen LogP contribution in [0.5, 0.6) is 0 Å². The van der Waals surface area contributed by atoms with Crippen molar-refractivity contribution in [3.63, 3.8) is 0 Å². The van der Waals surface area contributed by atoms with Crippen molar-refractivity contribution in [3.05, 3.63) is 102 Å². The molecule has 1 aromatic heterocycles. The number of ether oxygens (including phenoxy) is 1. The number of hydrogen-bond acceptors (Lipinski definition) is 4. The first-order chi connectivity index (χ1) is 14.2. The van der Waals surface area contributed by atoms with E-state index in [1.807, 2.05) is 41.0 Å². The lowest BCUT2D eigenvalue weighted by Gasteiger charge is -2.27. The number of para-hydroxylation sites is 2. The minimum absolute atomic E-state index is 0.202. The summed E-state index contributed by atoms with van der Waals surface area (Å²) in [5.41, 5.74) is 1.11. The molecule has 5 nitrogen and oxygen atoms in total. The molecule has 0 atom stereocenters. The van der Waals surface area contributed by atoms with Gasteiger partial charge in [0, 0.05) is 6.54 Å². The number of imidazole rings is 1. The number of nitrogens with zero attached hydrogens (tertiary/aromatic N) is 2. The summed E-state index contributed by atoms with van der Waals surface area (Å²) in [5.74, 6) is -0.676. The summed E-state index contributed by atoms with van der Waals surface area (Å²) < 4.78 is 7.54. The summed E-state index contributed by atoms with van der Waals surface area (Å²) in [4.78, 5) is 17.3. The highest BCUT2D eigenvalue weighted by atomic mass is 16.5. The molecule has 0 bridgehead atoms. The van der Waals surface area contributed by atoms with Gasteiger partial charge in [0.25, 0.3) is 0 Å². The van der Waals surface area contributed by atoms with Crippen LogP contribution in [-0.2, 0) is 21.7 Å². The Balaban J connectivity index is 1.46. The molecular weight excluding hydrogens is 364 g/mol. The lowest BCUT2D eigenvalue weighted by Crippen LogP contribution is -2.38. The van der Waals surface area contributed by atoms with Crippen molar-refractivity contribution >= 4 is 17.0 Å². The van der Waals surface area contributed by atoms with E-state index < -0.39 is 11.6 Å². The Bertz CT molecular complexity index is 1050. The van der Waals surface area contributed by atoms with E-state index in [1.54, 1.807) is 54.9 Å². The second-order valence-corrected chi connectivity index (χ2v) is 6.86. The number of fused-ring (bicyclic) bond motifs is 1. The Labute approximate surface area is 169 Å². The Kier molecular flexibility index (Phi) is 5.40. The van der Waals surface area contributed by atoms with Crippen LogP contribution in [0.25, 0.3) is 11.0 Å². The number of rotatable bonds is 7. The van der Waals surface area contributed by atoms with Crippen molar-refractivity contribution in [2.75, 3.05) is 6.61 Å². The summed E-state index contributed by atoms with van der Waals surface area (Å²) in [7, 11) is 0. The summed E-state index contributed by atoms with van der Waals surface area (Å²) in [6, 6.07) is 25.7. The molecule has 0 aliphatic carbocycles. The van der Waals surface area contributed by atoms with Gasteiger partial charge in [-0.3, -0.25) is 0 Å². The maximum Gasteiger partial charge on any atom is 0.347 e. The number of esters is 1. The Morgan fingerprint density at radius 3 is 2.14 bits per heavy atom. The van der Waals surface area contributed by atoms with Gasteiger partial charge in [-0.05, 0) is 29.7 Å². The molecule has 0 saturated heterocycles. The highest BCUT2D eigenvalue weighted by molar-refractivity contribution is 5.85. The van der Waals surface area contributed by atoms with E-state index in [0.29, 0.717) is 24.1 Å². The number of aromatic nitrogens is 2. The Hall–Kier alpha value is -3.44. The largest absolute Gasteiger partial charge is 0.463 e. The fourth-order valence-electron chi connectivity index (χ4n) is 3.45. The lowest BCUT2D eigenvalue weighted by molar-refractivity contribution is -0.162. The zero-order valence-electron chi connectivity index (χ0n) is 15.9. The van der Waals surface area contributed by atoms with Crippen LogP contribution in [0.2, 0.25) is 0 Å². The van der Waals surface area contributed by atoms with Crippen LogP contribution in [0.4, 0.5) is 0 Å². The zero-order valence-corrected chi connectivity index (χ0v) is 15.9. The molecule has 3 aromatic carbocycles. The van der Waals surface area contributed by atoms with Gasteiger partial charge >= 0.3 is 5.97 Å². The minimum atomic E-state index is -1.84. The van der Waals surface area contributed by atoms with E-state index in [-0.39, 0.29) is 6.61 Å². The average Bonchev–Trinajstić information content (AvgIpc) is 3.20. The van der Waals surface area contributed by atoms with Crippen LogP contribution in [0.1, 0.15) is 17.5 Å². The van der Waals surface area contributed by atoms with Crippen molar-refractivity contribution < 1.29 is 14.6 Å². The van der Waals surface area contributed by atoms with E-state index in [1.165, 1.54) is 0 Å². The van der Waals surface area contributed by atoms with Gasteiger partial charge < -0.3 is 14.4 Å². The van der Waals surface area contributed by atoms with E-state index in [2.05, 4.69) is 4.98 Å². The molecule has 5 heteroatoms. The fourth-order valence-corrected chi connectivity index (χ4v) is 3.45. The quantitative estimate of drug-likeness (QED) is 0.386. The molecule has 1 heterocycles. The van der Waals surface area contributed by atoms with Gasteiger partial charge in [0.15, 0.2) is 0 Å². The summed E-state index contributed by atoms with van der Waals surface area (Å²) in [6.07, 6.45) is 2.41. The van der Waals surface area contributed by atoms with Crippen molar-refractivity contribution in [1.29, 1.82) is 0 Å². The van der Waals surface area contributed by atoms with Crippen molar-refractivity contribution in [2.24, 2.45) is 0 Å². The molecule has 4 aromatic rings. The summed E-state index contributed by atoms with van der Waals surface area (Å²) >= 11 is 0. The topological polar surface area (TPSA) is 64.4 Å². The molecule has 0 radical (unpaired) electrons. The average molecular weight is 386 g/mol. The highest BCUT2D eigenvalue weighted by Crippen LogP contribution is 2.31. The second kappa shape index (κ2) is 8.29. The van der Waals surface area contributed by atoms with Crippen LogP contribution in [-0.4, -0.2) is 27.2 Å².